The Morgan fingerprint density at radius 1 is 1.24 bits per heavy atom. The third-order valence-corrected chi connectivity index (χ3v) is 4.17. The minimum absolute atomic E-state index is 0. The monoisotopic (exact) mass is 496 g/mol. The molecular weight excluding hydrogens is 474 g/mol. The largest absolute Gasteiger partial charge is 0.356 e. The number of hydrogen-bond acceptors (Lipinski definition) is 3. The molecule has 0 bridgehead atoms. The predicted molar refractivity (Wildman–Crippen MR) is 114 cm³/mol. The van der Waals surface area contributed by atoms with Crippen molar-refractivity contribution < 1.29 is 0 Å². The summed E-state index contributed by atoms with van der Waals surface area (Å²) < 4.78 is 1.97. The van der Waals surface area contributed by atoms with Crippen molar-refractivity contribution in [1.29, 1.82) is 0 Å². The van der Waals surface area contributed by atoms with Crippen LogP contribution in [0.5, 0.6) is 0 Å². The molecule has 9 heteroatoms. The molecule has 0 aliphatic carbocycles. The number of rotatable bonds is 7. The van der Waals surface area contributed by atoms with E-state index in [2.05, 4.69) is 25.8 Å². The highest BCUT2D eigenvalue weighted by Gasteiger charge is 2.11. The van der Waals surface area contributed by atoms with Gasteiger partial charge in [-0.15, -0.1) is 34.2 Å². The number of nitrogens with one attached hydrogen (secondary N) is 2. The van der Waals surface area contributed by atoms with E-state index in [-0.39, 0.29) is 30.0 Å². The molecule has 2 rings (SSSR count). The second-order valence-electron chi connectivity index (χ2n) is 5.44. The molecule has 0 amide bonds. The Morgan fingerprint density at radius 2 is 1.96 bits per heavy atom. The first kappa shape index (κ1) is 22.0. The Morgan fingerprint density at radius 3 is 2.60 bits per heavy atom. The molecule has 2 N–H and O–H groups in total. The first-order valence-corrected chi connectivity index (χ1v) is 8.60. The molecular formula is C16H23Cl2IN6. The molecule has 6 nitrogen and oxygen atoms in total. The van der Waals surface area contributed by atoms with Crippen LogP contribution in [-0.4, -0.2) is 34.3 Å². The number of halogens is 3. The molecule has 1 atom stereocenters. The molecule has 0 spiro atoms. The van der Waals surface area contributed by atoms with Gasteiger partial charge in [0.1, 0.15) is 12.7 Å². The van der Waals surface area contributed by atoms with E-state index in [9.17, 15) is 0 Å². The summed E-state index contributed by atoms with van der Waals surface area (Å²) in [6, 6.07) is 5.53. The molecule has 25 heavy (non-hydrogen) atoms. The van der Waals surface area contributed by atoms with Gasteiger partial charge in [-0.2, -0.15) is 0 Å². The highest BCUT2D eigenvalue weighted by atomic mass is 127. The van der Waals surface area contributed by atoms with Crippen molar-refractivity contribution in [2.75, 3.05) is 13.6 Å². The maximum Gasteiger partial charge on any atom is 0.191 e. The minimum atomic E-state index is 0. The molecule has 2 aromatic rings. The van der Waals surface area contributed by atoms with Gasteiger partial charge in [0.15, 0.2) is 5.96 Å². The lowest BCUT2D eigenvalue weighted by Crippen LogP contribution is -2.39. The van der Waals surface area contributed by atoms with Gasteiger partial charge >= 0.3 is 0 Å². The van der Waals surface area contributed by atoms with E-state index >= 15 is 0 Å². The van der Waals surface area contributed by atoms with Gasteiger partial charge in [-0.3, -0.25) is 4.99 Å². The lowest BCUT2D eigenvalue weighted by atomic mass is 10.1. The average molecular weight is 497 g/mol. The summed E-state index contributed by atoms with van der Waals surface area (Å²) in [5.41, 5.74) is 0.983. The Kier molecular flexibility index (Phi) is 10.1. The Balaban J connectivity index is 0.00000312. The zero-order chi connectivity index (χ0) is 17.4. The number of aromatic nitrogens is 3. The van der Waals surface area contributed by atoms with Crippen molar-refractivity contribution in [3.63, 3.8) is 0 Å². The third-order valence-electron chi connectivity index (χ3n) is 3.61. The standard InChI is InChI=1S/C16H22Cl2N6.HI/c1-12(14-6-5-13(17)9-15(14)18)23-16(19-2)20-7-3-4-8-24-10-21-22-11-24;/h5-6,9-12H,3-4,7-8H2,1-2H3,(H2,19,20,23);1H. The van der Waals surface area contributed by atoms with Crippen molar-refractivity contribution >= 4 is 53.1 Å². The van der Waals surface area contributed by atoms with Gasteiger partial charge in [0.2, 0.25) is 0 Å². The number of unbranched alkanes of at least 4 members (excludes halogenated alkanes) is 1. The number of nitrogens with zero attached hydrogens (tertiary/aromatic N) is 4. The van der Waals surface area contributed by atoms with E-state index in [4.69, 9.17) is 23.2 Å². The topological polar surface area (TPSA) is 67.1 Å². The smallest absolute Gasteiger partial charge is 0.191 e. The van der Waals surface area contributed by atoms with Crippen LogP contribution in [0, 0.1) is 0 Å². The summed E-state index contributed by atoms with van der Waals surface area (Å²) in [5, 5.41) is 15.5. The maximum absolute atomic E-state index is 6.25. The van der Waals surface area contributed by atoms with Crippen molar-refractivity contribution in [2.24, 2.45) is 4.99 Å². The van der Waals surface area contributed by atoms with Crippen LogP contribution in [0.2, 0.25) is 10.0 Å². The van der Waals surface area contributed by atoms with Crippen LogP contribution in [0.4, 0.5) is 0 Å². The minimum Gasteiger partial charge on any atom is -0.356 e. The van der Waals surface area contributed by atoms with E-state index in [1.165, 1.54) is 0 Å². The van der Waals surface area contributed by atoms with Gasteiger partial charge < -0.3 is 15.2 Å². The fourth-order valence-electron chi connectivity index (χ4n) is 2.29. The zero-order valence-corrected chi connectivity index (χ0v) is 18.1. The van der Waals surface area contributed by atoms with E-state index in [0.29, 0.717) is 10.0 Å². The van der Waals surface area contributed by atoms with Crippen LogP contribution in [0.25, 0.3) is 0 Å². The number of guanidine groups is 1. The van der Waals surface area contributed by atoms with Gasteiger partial charge in [-0.25, -0.2) is 0 Å². The van der Waals surface area contributed by atoms with Crippen molar-refractivity contribution in [2.45, 2.75) is 32.4 Å². The first-order chi connectivity index (χ1) is 11.6. The highest BCUT2D eigenvalue weighted by molar-refractivity contribution is 14.0. The molecule has 0 fully saturated rings. The van der Waals surface area contributed by atoms with Crippen molar-refractivity contribution in [3.05, 3.63) is 46.5 Å². The van der Waals surface area contributed by atoms with Gasteiger partial charge in [-0.1, -0.05) is 29.3 Å². The summed E-state index contributed by atoms with van der Waals surface area (Å²) in [6.45, 7) is 3.79. The molecule has 0 saturated carbocycles. The molecule has 0 radical (unpaired) electrons. The fraction of sp³-hybridized carbons (Fsp3) is 0.438. The molecule has 1 heterocycles. The fourth-order valence-corrected chi connectivity index (χ4v) is 2.87. The van der Waals surface area contributed by atoms with Crippen LogP contribution in [0.15, 0.2) is 35.8 Å². The second kappa shape index (κ2) is 11.5. The molecule has 0 aliphatic heterocycles. The van der Waals surface area contributed by atoms with E-state index in [0.717, 1.165) is 37.5 Å². The number of aliphatic imine (C=N–C) groups is 1. The number of aryl methyl sites for hydroxylation is 1. The van der Waals surface area contributed by atoms with E-state index in [1.807, 2.05) is 23.6 Å². The zero-order valence-electron chi connectivity index (χ0n) is 14.2. The summed E-state index contributed by atoms with van der Waals surface area (Å²) in [7, 11) is 1.75. The molecule has 0 aliphatic rings. The van der Waals surface area contributed by atoms with Gasteiger partial charge in [0, 0.05) is 30.2 Å². The Bertz CT molecular complexity index is 663. The molecule has 1 aromatic carbocycles. The summed E-state index contributed by atoms with van der Waals surface area (Å²) >= 11 is 12.2. The number of benzene rings is 1. The number of hydrogen-bond donors (Lipinski definition) is 2. The van der Waals surface area contributed by atoms with Crippen LogP contribution >= 0.6 is 47.2 Å². The van der Waals surface area contributed by atoms with Crippen LogP contribution in [0.1, 0.15) is 31.4 Å². The van der Waals surface area contributed by atoms with Crippen LogP contribution in [-0.2, 0) is 6.54 Å². The normalized spacial score (nSPS) is 12.4. The van der Waals surface area contributed by atoms with Crippen molar-refractivity contribution in [3.8, 4) is 0 Å². The quantitative estimate of drug-likeness (QED) is 0.264. The Hall–Kier alpha value is -1.06. The Labute approximate surface area is 175 Å². The molecule has 1 unspecified atom stereocenters. The lowest BCUT2D eigenvalue weighted by Gasteiger charge is -2.19. The SMILES string of the molecule is CN=C(NCCCCn1cnnc1)NC(C)c1ccc(Cl)cc1Cl.I. The van der Waals surface area contributed by atoms with Gasteiger partial charge in [-0.05, 0) is 37.5 Å². The highest BCUT2D eigenvalue weighted by Crippen LogP contribution is 2.25. The lowest BCUT2D eigenvalue weighted by molar-refractivity contribution is 0.593. The first-order valence-electron chi connectivity index (χ1n) is 7.84. The summed E-state index contributed by atoms with van der Waals surface area (Å²) in [5.74, 6) is 0.748. The molecule has 138 valence electrons. The summed E-state index contributed by atoms with van der Waals surface area (Å²) in [6.07, 6.45) is 5.52. The average Bonchev–Trinajstić information content (AvgIpc) is 3.06. The van der Waals surface area contributed by atoms with E-state index in [1.54, 1.807) is 25.8 Å². The van der Waals surface area contributed by atoms with Gasteiger partial charge in [0.05, 0.1) is 6.04 Å². The summed E-state index contributed by atoms with van der Waals surface area (Å²) in [4.78, 5) is 4.25. The van der Waals surface area contributed by atoms with Crippen LogP contribution < -0.4 is 10.6 Å². The third kappa shape index (κ3) is 7.37. The van der Waals surface area contributed by atoms with Crippen molar-refractivity contribution in [1.82, 2.24) is 25.4 Å². The molecule has 0 saturated heterocycles. The second-order valence-corrected chi connectivity index (χ2v) is 6.28. The maximum atomic E-state index is 6.25. The van der Waals surface area contributed by atoms with Gasteiger partial charge in [0.25, 0.3) is 0 Å². The van der Waals surface area contributed by atoms with E-state index < -0.39 is 0 Å². The predicted octanol–water partition coefficient (Wildman–Crippen LogP) is 3.91. The van der Waals surface area contributed by atoms with Crippen LogP contribution in [0.3, 0.4) is 0 Å². The molecule has 1 aromatic heterocycles.